The van der Waals surface area contributed by atoms with Gasteiger partial charge in [-0.1, -0.05) is 18.8 Å². The van der Waals surface area contributed by atoms with Crippen LogP contribution in [-0.2, 0) is 0 Å². The molecule has 0 atom stereocenters. The van der Waals surface area contributed by atoms with E-state index in [-0.39, 0.29) is 0 Å². The van der Waals surface area contributed by atoms with Gasteiger partial charge in [0.25, 0.3) is 0 Å². The SMILES string of the molecule is C[P@]1BC[P@](C)CB1. The average molecular weight is 144 g/mol. The van der Waals surface area contributed by atoms with Gasteiger partial charge >= 0.3 is 0 Å². The summed E-state index contributed by atoms with van der Waals surface area (Å²) in [5.74, 6) is 0. The van der Waals surface area contributed by atoms with Gasteiger partial charge in [0.1, 0.15) is 14.0 Å². The molecule has 1 saturated heterocycles. The summed E-state index contributed by atoms with van der Waals surface area (Å²) in [4.78, 5) is 0. The average Bonchev–Trinajstić information content (AvgIpc) is 1.77. The highest BCUT2D eigenvalue weighted by molar-refractivity contribution is 8.09. The summed E-state index contributed by atoms with van der Waals surface area (Å²) in [6.45, 7) is 8.02. The van der Waals surface area contributed by atoms with Gasteiger partial charge in [0.15, 0.2) is 0 Å². The highest BCUT2D eigenvalue weighted by Crippen LogP contribution is 2.42. The number of hydrogen-bond donors (Lipinski definition) is 0. The Balaban J connectivity index is 2.19. The predicted molar refractivity (Wildman–Crippen MR) is 49.7 cm³/mol. The van der Waals surface area contributed by atoms with Crippen LogP contribution in [-0.4, -0.2) is 39.5 Å². The van der Waals surface area contributed by atoms with Crippen LogP contribution in [0.15, 0.2) is 0 Å². The third-order valence-corrected chi connectivity index (χ3v) is 6.38. The molecule has 0 spiro atoms. The summed E-state index contributed by atoms with van der Waals surface area (Å²) in [7, 11) is 0.996. The molecule has 0 unspecified atom stereocenters. The lowest BCUT2D eigenvalue weighted by Crippen LogP contribution is -2.11. The maximum Gasteiger partial charge on any atom is 0.146 e. The van der Waals surface area contributed by atoms with Crippen molar-refractivity contribution in [2.45, 2.75) is 0 Å². The van der Waals surface area contributed by atoms with Crippen molar-refractivity contribution >= 4 is 29.6 Å². The first kappa shape index (κ1) is 7.10. The summed E-state index contributed by atoms with van der Waals surface area (Å²) in [6.07, 6.45) is 0. The normalized spacial score (nSPS) is 37.8. The highest BCUT2D eigenvalue weighted by atomic mass is 31.1. The molecule has 0 aromatic rings. The van der Waals surface area contributed by atoms with Crippen molar-refractivity contribution in [3.8, 4) is 0 Å². The molecule has 0 nitrogen and oxygen atoms in total. The largest absolute Gasteiger partial charge is 0.182 e. The maximum absolute atomic E-state index is 2.44. The minimum absolute atomic E-state index is 0.498. The lowest BCUT2D eigenvalue weighted by atomic mass is 10.1. The molecular formula is C4H12B2P2. The third kappa shape index (κ3) is 2.08. The molecule has 0 aliphatic carbocycles. The second-order valence-corrected chi connectivity index (χ2v) is 7.82. The molecule has 0 aromatic heterocycles. The van der Waals surface area contributed by atoms with Crippen LogP contribution in [0.1, 0.15) is 0 Å². The van der Waals surface area contributed by atoms with Crippen LogP contribution in [0.3, 0.4) is 0 Å². The van der Waals surface area contributed by atoms with E-state index in [1.165, 1.54) is 0 Å². The van der Waals surface area contributed by atoms with E-state index in [1.807, 2.05) is 0 Å². The van der Waals surface area contributed by atoms with Crippen LogP contribution in [0, 0.1) is 0 Å². The molecule has 0 bridgehead atoms. The molecule has 1 aliphatic rings. The van der Waals surface area contributed by atoms with Gasteiger partial charge in [-0.15, -0.1) is 7.92 Å². The number of hydrogen-bond acceptors (Lipinski definition) is 0. The third-order valence-electron chi connectivity index (χ3n) is 1.73. The first-order valence-electron chi connectivity index (χ1n) is 3.16. The second kappa shape index (κ2) is 3.23. The van der Waals surface area contributed by atoms with E-state index >= 15 is 0 Å². The molecule has 0 saturated carbocycles. The zero-order valence-electron chi connectivity index (χ0n) is 5.72. The van der Waals surface area contributed by atoms with Gasteiger partial charge in [-0.05, 0) is 6.66 Å². The Labute approximate surface area is 55.7 Å². The van der Waals surface area contributed by atoms with E-state index in [0.29, 0.717) is 15.6 Å². The highest BCUT2D eigenvalue weighted by Gasteiger charge is 2.14. The van der Waals surface area contributed by atoms with Crippen LogP contribution < -0.4 is 0 Å². The van der Waals surface area contributed by atoms with Crippen LogP contribution in [0.4, 0.5) is 0 Å². The molecule has 0 radical (unpaired) electrons. The summed E-state index contributed by atoms with van der Waals surface area (Å²) >= 11 is 0. The predicted octanol–water partition coefficient (Wildman–Crippen LogP) is 0.841. The minimum Gasteiger partial charge on any atom is -0.182 e. The van der Waals surface area contributed by atoms with Crippen LogP contribution in [0.5, 0.6) is 0 Å². The molecule has 1 fully saturated rings. The summed E-state index contributed by atoms with van der Waals surface area (Å²) in [6, 6.07) is 3.13. The topological polar surface area (TPSA) is 0 Å². The Bertz CT molecular complexity index is 60.4. The van der Waals surface area contributed by atoms with Gasteiger partial charge in [-0.25, -0.2) is 0 Å². The summed E-state index contributed by atoms with van der Waals surface area (Å²) in [5, 5.41) is 0. The van der Waals surface area contributed by atoms with Gasteiger partial charge in [-0.3, -0.25) is 0 Å². The second-order valence-electron chi connectivity index (χ2n) is 2.61. The zero-order chi connectivity index (χ0) is 5.98. The fourth-order valence-electron chi connectivity index (χ4n) is 0.906. The molecule has 4 heteroatoms. The van der Waals surface area contributed by atoms with Crippen LogP contribution >= 0.6 is 15.6 Å². The molecule has 8 heavy (non-hydrogen) atoms. The van der Waals surface area contributed by atoms with E-state index in [0.717, 1.165) is 0 Å². The first-order chi connectivity index (χ1) is 3.79. The zero-order valence-corrected chi connectivity index (χ0v) is 7.51. The lowest BCUT2D eigenvalue weighted by molar-refractivity contribution is 1.92. The van der Waals surface area contributed by atoms with E-state index in [1.54, 1.807) is 26.1 Å². The lowest BCUT2D eigenvalue weighted by Gasteiger charge is -2.21. The minimum atomic E-state index is 0.498. The molecule has 0 N–H and O–H groups in total. The Morgan fingerprint density at radius 3 is 2.00 bits per heavy atom. The monoisotopic (exact) mass is 144 g/mol. The van der Waals surface area contributed by atoms with Gasteiger partial charge in [0.2, 0.25) is 0 Å². The Morgan fingerprint density at radius 2 is 1.62 bits per heavy atom. The van der Waals surface area contributed by atoms with Crippen molar-refractivity contribution in [3.63, 3.8) is 0 Å². The van der Waals surface area contributed by atoms with Crippen molar-refractivity contribution in [3.05, 3.63) is 0 Å². The van der Waals surface area contributed by atoms with Crippen LogP contribution in [0.25, 0.3) is 0 Å². The Morgan fingerprint density at radius 1 is 1.12 bits per heavy atom. The molecule has 0 amide bonds. The fourth-order valence-corrected chi connectivity index (χ4v) is 6.82. The molecular weight excluding hydrogens is 132 g/mol. The molecule has 1 rings (SSSR count). The van der Waals surface area contributed by atoms with Crippen molar-refractivity contribution in [1.82, 2.24) is 0 Å². The van der Waals surface area contributed by atoms with Gasteiger partial charge < -0.3 is 0 Å². The van der Waals surface area contributed by atoms with E-state index in [9.17, 15) is 0 Å². The molecule has 1 aliphatic heterocycles. The van der Waals surface area contributed by atoms with Crippen molar-refractivity contribution in [2.24, 2.45) is 0 Å². The number of rotatable bonds is 0. The van der Waals surface area contributed by atoms with Gasteiger partial charge in [0, 0.05) is 0 Å². The summed E-state index contributed by atoms with van der Waals surface area (Å²) < 4.78 is 0. The van der Waals surface area contributed by atoms with Gasteiger partial charge in [0.05, 0.1) is 0 Å². The fraction of sp³-hybridized carbons (Fsp3) is 1.00. The van der Waals surface area contributed by atoms with Crippen LogP contribution in [0.2, 0.25) is 0 Å². The Hall–Kier alpha value is 0.990. The quantitative estimate of drug-likeness (QED) is 0.349. The van der Waals surface area contributed by atoms with Crippen molar-refractivity contribution in [2.75, 3.05) is 25.5 Å². The molecule has 0 aromatic carbocycles. The summed E-state index contributed by atoms with van der Waals surface area (Å²) in [5.41, 5.74) is 0. The van der Waals surface area contributed by atoms with Gasteiger partial charge in [-0.2, -0.15) is 7.68 Å². The standard InChI is InChI=1S/C4H12B2P2/c1-7-3-5-8(2)6-4-7/h5-6H,3-4H2,1-2H3/t7-,8+. The van der Waals surface area contributed by atoms with E-state index < -0.39 is 0 Å². The maximum atomic E-state index is 2.44. The van der Waals surface area contributed by atoms with Crippen molar-refractivity contribution < 1.29 is 0 Å². The van der Waals surface area contributed by atoms with E-state index in [2.05, 4.69) is 13.3 Å². The molecule has 44 valence electrons. The first-order valence-corrected chi connectivity index (χ1v) is 7.48. The smallest absolute Gasteiger partial charge is 0.146 e. The Kier molecular flexibility index (Phi) is 2.87. The molecule has 1 heterocycles. The van der Waals surface area contributed by atoms with E-state index in [4.69, 9.17) is 0 Å². The van der Waals surface area contributed by atoms with Crippen molar-refractivity contribution in [1.29, 1.82) is 0 Å².